The lowest BCUT2D eigenvalue weighted by Crippen LogP contribution is -2.11. The van der Waals surface area contributed by atoms with Crippen LogP contribution >= 0.6 is 11.3 Å². The third kappa shape index (κ3) is 1.51. The van der Waals surface area contributed by atoms with Gasteiger partial charge in [0.05, 0.1) is 6.10 Å². The summed E-state index contributed by atoms with van der Waals surface area (Å²) in [7, 11) is 0. The second kappa shape index (κ2) is 3.39. The molecule has 2 heterocycles. The lowest BCUT2D eigenvalue weighted by molar-refractivity contribution is 0.0404. The van der Waals surface area contributed by atoms with E-state index in [-0.39, 0.29) is 6.10 Å². The predicted molar refractivity (Wildman–Crippen MR) is 53.7 cm³/mol. The number of aromatic nitrogens is 1. The van der Waals surface area contributed by atoms with E-state index in [0.29, 0.717) is 17.9 Å². The van der Waals surface area contributed by atoms with Crippen LogP contribution in [0.3, 0.4) is 0 Å². The molecule has 1 saturated heterocycles. The molecule has 0 aliphatic carbocycles. The van der Waals surface area contributed by atoms with Crippen LogP contribution < -0.4 is 0 Å². The molecule has 3 heteroatoms. The quantitative estimate of drug-likeness (QED) is 0.690. The van der Waals surface area contributed by atoms with E-state index in [1.54, 1.807) is 11.3 Å². The van der Waals surface area contributed by atoms with E-state index in [1.807, 2.05) is 11.6 Å². The van der Waals surface area contributed by atoms with Crippen LogP contribution in [0.5, 0.6) is 0 Å². The minimum absolute atomic E-state index is 0.227. The Morgan fingerprint density at radius 3 is 2.54 bits per heavy atom. The zero-order valence-corrected chi connectivity index (χ0v) is 9.04. The van der Waals surface area contributed by atoms with Gasteiger partial charge >= 0.3 is 0 Å². The highest BCUT2D eigenvalue weighted by atomic mass is 32.1. The normalized spacial score (nSPS) is 39.6. The average Bonchev–Trinajstić information content (AvgIpc) is 2.70. The van der Waals surface area contributed by atoms with Gasteiger partial charge in [0.1, 0.15) is 11.1 Å². The van der Waals surface area contributed by atoms with Gasteiger partial charge in [-0.1, -0.05) is 13.8 Å². The first-order valence-electron chi connectivity index (χ1n) is 4.75. The number of rotatable bonds is 1. The highest BCUT2D eigenvalue weighted by molar-refractivity contribution is 7.09. The molecule has 0 bridgehead atoms. The van der Waals surface area contributed by atoms with Gasteiger partial charge in [0.2, 0.25) is 0 Å². The Balaban J connectivity index is 2.19. The highest BCUT2D eigenvalue weighted by Gasteiger charge is 2.38. The van der Waals surface area contributed by atoms with Crippen molar-refractivity contribution < 1.29 is 4.74 Å². The Morgan fingerprint density at radius 2 is 2.08 bits per heavy atom. The summed E-state index contributed by atoms with van der Waals surface area (Å²) in [4.78, 5) is 4.31. The van der Waals surface area contributed by atoms with Crippen molar-refractivity contribution in [3.63, 3.8) is 0 Å². The molecule has 0 saturated carbocycles. The van der Waals surface area contributed by atoms with E-state index in [2.05, 4.69) is 25.8 Å². The second-order valence-electron chi connectivity index (χ2n) is 3.85. The Morgan fingerprint density at radius 1 is 1.31 bits per heavy atom. The summed E-state index contributed by atoms with van der Waals surface area (Å²) in [6.07, 6.45) is 2.44. The molecule has 0 radical (unpaired) electrons. The smallest absolute Gasteiger partial charge is 0.122 e. The fraction of sp³-hybridized carbons (Fsp3) is 0.700. The van der Waals surface area contributed by atoms with Crippen LogP contribution in [-0.4, -0.2) is 11.1 Å². The van der Waals surface area contributed by atoms with Gasteiger partial charge in [-0.05, 0) is 18.8 Å². The van der Waals surface area contributed by atoms with Crippen molar-refractivity contribution in [1.82, 2.24) is 4.98 Å². The monoisotopic (exact) mass is 197 g/mol. The fourth-order valence-corrected chi connectivity index (χ4v) is 2.63. The summed E-state index contributed by atoms with van der Waals surface area (Å²) in [5.74, 6) is 1.22. The first-order chi connectivity index (χ1) is 6.20. The topological polar surface area (TPSA) is 22.1 Å². The largest absolute Gasteiger partial charge is 0.368 e. The van der Waals surface area contributed by atoms with Crippen LogP contribution in [0.1, 0.15) is 31.9 Å². The molecule has 4 atom stereocenters. The minimum atomic E-state index is 0.227. The van der Waals surface area contributed by atoms with Gasteiger partial charge in [0.25, 0.3) is 0 Å². The van der Waals surface area contributed by atoms with Gasteiger partial charge < -0.3 is 4.74 Å². The molecule has 0 aromatic carbocycles. The van der Waals surface area contributed by atoms with Gasteiger partial charge in [-0.25, -0.2) is 4.98 Å². The maximum absolute atomic E-state index is 5.88. The highest BCUT2D eigenvalue weighted by Crippen LogP contribution is 2.42. The first kappa shape index (κ1) is 9.16. The zero-order chi connectivity index (χ0) is 9.42. The van der Waals surface area contributed by atoms with Gasteiger partial charge in [-0.2, -0.15) is 0 Å². The molecule has 2 nitrogen and oxygen atoms in total. The molecule has 0 N–H and O–H groups in total. The summed E-state index contributed by atoms with van der Waals surface area (Å²) in [5, 5.41) is 3.14. The summed E-state index contributed by atoms with van der Waals surface area (Å²) in [6.45, 7) is 6.65. The molecule has 1 aliphatic heterocycles. The zero-order valence-electron chi connectivity index (χ0n) is 8.23. The molecule has 0 spiro atoms. The third-order valence-corrected chi connectivity index (χ3v) is 3.94. The summed E-state index contributed by atoms with van der Waals surface area (Å²) >= 11 is 1.69. The number of thiazole rings is 1. The van der Waals surface area contributed by atoms with E-state index in [4.69, 9.17) is 4.74 Å². The van der Waals surface area contributed by atoms with Crippen LogP contribution in [0.4, 0.5) is 0 Å². The number of ether oxygens (including phenoxy) is 1. The van der Waals surface area contributed by atoms with E-state index >= 15 is 0 Å². The Kier molecular flexibility index (Phi) is 2.39. The Bertz CT molecular complexity index is 272. The van der Waals surface area contributed by atoms with Gasteiger partial charge in [-0.15, -0.1) is 11.3 Å². The second-order valence-corrected chi connectivity index (χ2v) is 4.78. The summed E-state index contributed by atoms with van der Waals surface area (Å²) < 4.78 is 5.88. The minimum Gasteiger partial charge on any atom is -0.368 e. The van der Waals surface area contributed by atoms with Gasteiger partial charge in [0, 0.05) is 11.6 Å². The van der Waals surface area contributed by atoms with Crippen molar-refractivity contribution in [2.24, 2.45) is 11.8 Å². The number of hydrogen-bond donors (Lipinski definition) is 0. The van der Waals surface area contributed by atoms with Crippen molar-refractivity contribution in [3.8, 4) is 0 Å². The first-order valence-corrected chi connectivity index (χ1v) is 5.63. The standard InChI is InChI=1S/C10H15NOS/c1-6-7(2)9(12-8(6)3)10-11-4-5-13-10/h4-9H,1-3H3/t6?,7-,8+,9?/m1/s1. The van der Waals surface area contributed by atoms with E-state index in [1.165, 1.54) is 0 Å². The summed E-state index contributed by atoms with van der Waals surface area (Å²) in [5.41, 5.74) is 0. The molecular formula is C10H15NOS. The molecule has 13 heavy (non-hydrogen) atoms. The molecule has 1 fully saturated rings. The van der Waals surface area contributed by atoms with Crippen molar-refractivity contribution in [2.75, 3.05) is 0 Å². The molecular weight excluding hydrogens is 182 g/mol. The van der Waals surface area contributed by atoms with E-state index in [9.17, 15) is 0 Å². The number of nitrogens with zero attached hydrogens (tertiary/aromatic N) is 1. The lowest BCUT2D eigenvalue weighted by Gasteiger charge is -2.12. The van der Waals surface area contributed by atoms with Crippen LogP contribution in [-0.2, 0) is 4.74 Å². The molecule has 2 rings (SSSR count). The third-order valence-electron chi connectivity index (χ3n) is 3.10. The van der Waals surface area contributed by atoms with E-state index < -0.39 is 0 Å². The van der Waals surface area contributed by atoms with Crippen molar-refractivity contribution in [1.29, 1.82) is 0 Å². The van der Waals surface area contributed by atoms with E-state index in [0.717, 1.165) is 5.01 Å². The van der Waals surface area contributed by atoms with Crippen molar-refractivity contribution in [3.05, 3.63) is 16.6 Å². The van der Waals surface area contributed by atoms with Crippen molar-refractivity contribution >= 4 is 11.3 Å². The molecule has 72 valence electrons. The number of hydrogen-bond acceptors (Lipinski definition) is 3. The van der Waals surface area contributed by atoms with Gasteiger partial charge in [0.15, 0.2) is 0 Å². The molecule has 1 aromatic heterocycles. The fourth-order valence-electron chi connectivity index (χ4n) is 1.84. The van der Waals surface area contributed by atoms with Crippen LogP contribution in [0.15, 0.2) is 11.6 Å². The lowest BCUT2D eigenvalue weighted by atomic mass is 9.91. The van der Waals surface area contributed by atoms with Gasteiger partial charge in [-0.3, -0.25) is 0 Å². The molecule has 1 aliphatic rings. The maximum atomic E-state index is 5.88. The Labute approximate surface area is 83.0 Å². The average molecular weight is 197 g/mol. The molecule has 1 aromatic rings. The van der Waals surface area contributed by atoms with Crippen LogP contribution in [0, 0.1) is 11.8 Å². The summed E-state index contributed by atoms with van der Waals surface area (Å²) in [6, 6.07) is 0. The van der Waals surface area contributed by atoms with Crippen LogP contribution in [0.25, 0.3) is 0 Å². The SMILES string of the molecule is CC1[C@@H](C)C(c2nccs2)O[C@H]1C. The molecule has 0 amide bonds. The predicted octanol–water partition coefficient (Wildman–Crippen LogP) is 2.88. The Hall–Kier alpha value is -0.410. The van der Waals surface area contributed by atoms with Crippen molar-refractivity contribution in [2.45, 2.75) is 33.0 Å². The van der Waals surface area contributed by atoms with Crippen LogP contribution in [0.2, 0.25) is 0 Å². The molecule has 2 unspecified atom stereocenters. The maximum Gasteiger partial charge on any atom is 0.122 e.